The summed E-state index contributed by atoms with van der Waals surface area (Å²) >= 11 is 0. The van der Waals surface area contributed by atoms with Crippen LogP contribution in [0.25, 0.3) is 0 Å². The van der Waals surface area contributed by atoms with E-state index in [2.05, 4.69) is 0 Å². The van der Waals surface area contributed by atoms with E-state index in [9.17, 15) is 9.90 Å². The number of hydrogen-bond donors (Lipinski definition) is 1. The Morgan fingerprint density at radius 2 is 2.22 bits per heavy atom. The highest BCUT2D eigenvalue weighted by molar-refractivity contribution is 6.00. The van der Waals surface area contributed by atoms with Crippen LogP contribution in [0.15, 0.2) is 17.7 Å². The van der Waals surface area contributed by atoms with Gasteiger partial charge >= 0.3 is 0 Å². The summed E-state index contributed by atoms with van der Waals surface area (Å²) in [6, 6.07) is 1.86. The summed E-state index contributed by atoms with van der Waals surface area (Å²) in [4.78, 5) is 11.8. The third-order valence-corrected chi connectivity index (χ3v) is 4.09. The zero-order valence-corrected chi connectivity index (χ0v) is 10.6. The Hall–Kier alpha value is -1.77. The van der Waals surface area contributed by atoms with Crippen LogP contribution in [0.5, 0.6) is 11.5 Å². The lowest BCUT2D eigenvalue weighted by Crippen LogP contribution is -2.11. The van der Waals surface area contributed by atoms with Crippen molar-refractivity contribution in [3.8, 4) is 11.5 Å². The van der Waals surface area contributed by atoms with Crippen molar-refractivity contribution in [1.82, 2.24) is 0 Å². The number of methoxy groups -OCH3 is 1. The average molecular weight is 244 g/mol. The molecule has 0 aliphatic heterocycles. The molecule has 2 aliphatic rings. The zero-order valence-electron chi connectivity index (χ0n) is 10.6. The Bertz CT molecular complexity index is 570. The highest BCUT2D eigenvalue weighted by Crippen LogP contribution is 2.49. The summed E-state index contributed by atoms with van der Waals surface area (Å²) < 4.78 is 5.21. The van der Waals surface area contributed by atoms with E-state index < -0.39 is 0 Å². The standard InChI is InChI=1S/C15H16O3/c1-8-7-13(18-2)15(17)14-9(8)3-4-10-11(14)5-6-12(10)16/h4,7,11,17H,3,5-6H2,1-2H3. The quantitative estimate of drug-likeness (QED) is 0.826. The molecule has 3 nitrogen and oxygen atoms in total. The average Bonchev–Trinajstić information content (AvgIpc) is 2.75. The van der Waals surface area contributed by atoms with Gasteiger partial charge in [0.15, 0.2) is 17.3 Å². The maximum absolute atomic E-state index is 11.8. The molecule has 3 rings (SSSR count). The second-order valence-electron chi connectivity index (χ2n) is 5.01. The molecule has 3 heteroatoms. The van der Waals surface area contributed by atoms with Crippen LogP contribution in [0.3, 0.4) is 0 Å². The number of fused-ring (bicyclic) bond motifs is 3. The number of hydrogen-bond acceptors (Lipinski definition) is 3. The molecule has 1 unspecified atom stereocenters. The first-order chi connectivity index (χ1) is 8.63. The maximum Gasteiger partial charge on any atom is 0.161 e. The number of carbonyl (C=O) groups excluding carboxylic acids is 1. The Labute approximate surface area is 106 Å². The topological polar surface area (TPSA) is 46.5 Å². The Morgan fingerprint density at radius 1 is 1.44 bits per heavy atom. The number of Topliss-reactive ketones (excluding diaryl/α,β-unsaturated/α-hetero) is 1. The zero-order chi connectivity index (χ0) is 12.9. The lowest BCUT2D eigenvalue weighted by molar-refractivity contribution is -0.114. The number of phenols is 1. The van der Waals surface area contributed by atoms with Crippen molar-refractivity contribution >= 4 is 5.78 Å². The minimum atomic E-state index is 0.0649. The molecule has 0 spiro atoms. The molecular weight excluding hydrogens is 228 g/mol. The van der Waals surface area contributed by atoms with Gasteiger partial charge < -0.3 is 9.84 Å². The smallest absolute Gasteiger partial charge is 0.161 e. The van der Waals surface area contributed by atoms with Crippen LogP contribution in [0.4, 0.5) is 0 Å². The summed E-state index contributed by atoms with van der Waals surface area (Å²) in [5.41, 5.74) is 4.06. The molecule has 18 heavy (non-hydrogen) atoms. The lowest BCUT2D eigenvalue weighted by Gasteiger charge is -2.25. The second-order valence-corrected chi connectivity index (χ2v) is 5.01. The van der Waals surface area contributed by atoms with Gasteiger partial charge in [-0.15, -0.1) is 0 Å². The van der Waals surface area contributed by atoms with Crippen LogP contribution in [0.2, 0.25) is 0 Å². The molecule has 94 valence electrons. The second kappa shape index (κ2) is 3.87. The van der Waals surface area contributed by atoms with Crippen molar-refractivity contribution in [2.45, 2.75) is 32.1 Å². The number of rotatable bonds is 1. The highest BCUT2D eigenvalue weighted by Gasteiger charge is 2.36. The highest BCUT2D eigenvalue weighted by atomic mass is 16.5. The first-order valence-electron chi connectivity index (χ1n) is 6.26. The summed E-state index contributed by atoms with van der Waals surface area (Å²) in [5, 5.41) is 10.3. The fourth-order valence-electron chi connectivity index (χ4n) is 3.18. The molecule has 0 saturated heterocycles. The van der Waals surface area contributed by atoms with Crippen LogP contribution in [0.1, 0.15) is 35.4 Å². The first kappa shape index (κ1) is 11.3. The monoisotopic (exact) mass is 244 g/mol. The molecule has 1 saturated carbocycles. The Morgan fingerprint density at radius 3 is 2.94 bits per heavy atom. The van der Waals surface area contributed by atoms with Crippen molar-refractivity contribution in [3.05, 3.63) is 34.4 Å². The molecule has 0 radical (unpaired) electrons. The minimum absolute atomic E-state index is 0.0649. The largest absolute Gasteiger partial charge is 0.504 e. The number of phenolic OH excluding ortho intramolecular Hbond substituents is 1. The van der Waals surface area contributed by atoms with E-state index in [0.29, 0.717) is 12.2 Å². The van der Waals surface area contributed by atoms with Gasteiger partial charge in [-0.2, -0.15) is 0 Å². The molecule has 1 atom stereocenters. The van der Waals surface area contributed by atoms with E-state index >= 15 is 0 Å². The Kier molecular flexibility index (Phi) is 2.44. The molecule has 2 aliphatic carbocycles. The predicted molar refractivity (Wildman–Crippen MR) is 68.2 cm³/mol. The normalized spacial score (nSPS) is 21.3. The van der Waals surface area contributed by atoms with Crippen LogP contribution in [0, 0.1) is 6.92 Å². The van der Waals surface area contributed by atoms with Gasteiger partial charge in [0.05, 0.1) is 7.11 Å². The fraction of sp³-hybridized carbons (Fsp3) is 0.400. The van der Waals surface area contributed by atoms with Crippen molar-refractivity contribution in [3.63, 3.8) is 0 Å². The van der Waals surface area contributed by atoms with Gasteiger partial charge in [-0.05, 0) is 42.5 Å². The van der Waals surface area contributed by atoms with Crippen LogP contribution < -0.4 is 4.74 Å². The van der Waals surface area contributed by atoms with Crippen LogP contribution in [-0.2, 0) is 11.2 Å². The summed E-state index contributed by atoms with van der Waals surface area (Å²) in [7, 11) is 1.56. The number of aromatic hydroxyl groups is 1. The molecule has 1 fully saturated rings. The van der Waals surface area contributed by atoms with E-state index in [1.165, 1.54) is 0 Å². The number of carbonyl (C=O) groups is 1. The number of ether oxygens (including phenoxy) is 1. The van der Waals surface area contributed by atoms with Crippen molar-refractivity contribution in [2.24, 2.45) is 0 Å². The number of allylic oxidation sites excluding steroid dienone is 2. The van der Waals surface area contributed by atoms with E-state index in [-0.39, 0.29) is 17.5 Å². The van der Waals surface area contributed by atoms with E-state index in [1.807, 2.05) is 19.1 Å². The van der Waals surface area contributed by atoms with Crippen LogP contribution >= 0.6 is 0 Å². The third kappa shape index (κ3) is 1.40. The molecule has 0 amide bonds. The van der Waals surface area contributed by atoms with Gasteiger partial charge in [0.2, 0.25) is 0 Å². The third-order valence-electron chi connectivity index (χ3n) is 4.09. The van der Waals surface area contributed by atoms with Crippen molar-refractivity contribution < 1.29 is 14.6 Å². The molecule has 0 bridgehead atoms. The number of benzene rings is 1. The van der Waals surface area contributed by atoms with E-state index in [0.717, 1.165) is 35.1 Å². The predicted octanol–water partition coefficient (Wildman–Crippen LogP) is 2.64. The molecule has 0 heterocycles. The van der Waals surface area contributed by atoms with Gasteiger partial charge in [0.1, 0.15) is 0 Å². The van der Waals surface area contributed by atoms with Crippen molar-refractivity contribution in [2.75, 3.05) is 7.11 Å². The Balaban J connectivity index is 2.22. The van der Waals surface area contributed by atoms with Gasteiger partial charge in [0.25, 0.3) is 0 Å². The molecular formula is C15H16O3. The lowest BCUT2D eigenvalue weighted by atomic mass is 9.81. The van der Waals surface area contributed by atoms with Gasteiger partial charge in [0, 0.05) is 17.9 Å². The van der Waals surface area contributed by atoms with E-state index in [4.69, 9.17) is 4.74 Å². The molecule has 1 N–H and O–H groups in total. The maximum atomic E-state index is 11.8. The molecule has 1 aromatic rings. The van der Waals surface area contributed by atoms with Gasteiger partial charge in [-0.1, -0.05) is 6.08 Å². The van der Waals surface area contributed by atoms with Crippen LogP contribution in [-0.4, -0.2) is 18.0 Å². The molecule has 1 aromatic carbocycles. The minimum Gasteiger partial charge on any atom is -0.504 e. The fourth-order valence-corrected chi connectivity index (χ4v) is 3.18. The summed E-state index contributed by atoms with van der Waals surface area (Å²) in [6.07, 6.45) is 4.15. The van der Waals surface area contributed by atoms with E-state index in [1.54, 1.807) is 7.11 Å². The number of ketones is 1. The first-order valence-corrected chi connectivity index (χ1v) is 6.26. The summed E-state index contributed by atoms with van der Waals surface area (Å²) in [5.74, 6) is 1.01. The van der Waals surface area contributed by atoms with Gasteiger partial charge in [-0.25, -0.2) is 0 Å². The van der Waals surface area contributed by atoms with Crippen molar-refractivity contribution in [1.29, 1.82) is 0 Å². The van der Waals surface area contributed by atoms with Gasteiger partial charge in [-0.3, -0.25) is 4.79 Å². The number of aryl methyl sites for hydroxylation is 1. The molecule has 0 aromatic heterocycles. The summed E-state index contributed by atoms with van der Waals surface area (Å²) in [6.45, 7) is 2.02. The SMILES string of the molecule is COc1cc(C)c2c(c1O)C1CCC(=O)C1=CC2.